The number of rotatable bonds is 7. The Morgan fingerprint density at radius 2 is 0.714 bits per heavy atom. The zero-order valence-electron chi connectivity index (χ0n) is 38.2. The summed E-state index contributed by atoms with van der Waals surface area (Å²) in [5.74, 6) is 0. The summed E-state index contributed by atoms with van der Waals surface area (Å²) in [5.41, 5.74) is 14.0. The van der Waals surface area contributed by atoms with E-state index >= 15 is 0 Å². The van der Waals surface area contributed by atoms with Crippen LogP contribution in [0.15, 0.2) is 265 Å². The molecule has 70 heavy (non-hydrogen) atoms. The SMILES string of the molecule is c1ccc(-c2ccc(-c3ccccc3N(c3ccccc3-c3ccc4c5ccccc5c5ccccc5c4c3)c3ccc(-c4cc5ccccc5c5ccccc45)c4oc5ccccc5c34)cc2)cc1. The monoisotopic (exact) mass is 889 g/mol. The van der Waals surface area contributed by atoms with E-state index in [-0.39, 0.29) is 0 Å². The highest BCUT2D eigenvalue weighted by atomic mass is 16.3. The lowest BCUT2D eigenvalue weighted by Crippen LogP contribution is -2.13. The third-order valence-electron chi connectivity index (χ3n) is 14.5. The molecule has 14 rings (SSSR count). The van der Waals surface area contributed by atoms with Crippen molar-refractivity contribution in [1.82, 2.24) is 0 Å². The van der Waals surface area contributed by atoms with Gasteiger partial charge in [-0.1, -0.05) is 218 Å². The van der Waals surface area contributed by atoms with Crippen LogP contribution in [0, 0.1) is 0 Å². The summed E-state index contributed by atoms with van der Waals surface area (Å²) in [6.45, 7) is 0. The minimum Gasteiger partial charge on any atom is -0.455 e. The van der Waals surface area contributed by atoms with Crippen LogP contribution in [-0.2, 0) is 0 Å². The Morgan fingerprint density at radius 3 is 1.40 bits per heavy atom. The summed E-state index contributed by atoms with van der Waals surface area (Å²) in [6, 6.07) is 95.0. The summed E-state index contributed by atoms with van der Waals surface area (Å²) in [6.07, 6.45) is 0. The Hall–Kier alpha value is -9.24. The lowest BCUT2D eigenvalue weighted by Gasteiger charge is -2.31. The highest BCUT2D eigenvalue weighted by Gasteiger charge is 2.27. The fourth-order valence-electron chi connectivity index (χ4n) is 11.2. The van der Waals surface area contributed by atoms with E-state index < -0.39 is 0 Å². The molecule has 326 valence electrons. The van der Waals surface area contributed by atoms with E-state index in [2.05, 4.69) is 266 Å². The predicted molar refractivity (Wildman–Crippen MR) is 298 cm³/mol. The van der Waals surface area contributed by atoms with Gasteiger partial charge in [-0.3, -0.25) is 0 Å². The zero-order chi connectivity index (χ0) is 46.1. The Labute approximate surface area is 405 Å². The van der Waals surface area contributed by atoms with Crippen LogP contribution in [0.2, 0.25) is 0 Å². The van der Waals surface area contributed by atoms with Crippen LogP contribution < -0.4 is 4.90 Å². The maximum Gasteiger partial charge on any atom is 0.145 e. The van der Waals surface area contributed by atoms with E-state index in [4.69, 9.17) is 4.42 Å². The third kappa shape index (κ3) is 6.35. The number of nitrogens with zero attached hydrogens (tertiary/aromatic N) is 1. The van der Waals surface area contributed by atoms with Crippen molar-refractivity contribution in [2.75, 3.05) is 4.90 Å². The highest BCUT2D eigenvalue weighted by molar-refractivity contribution is 6.26. The van der Waals surface area contributed by atoms with Gasteiger partial charge in [-0.25, -0.2) is 0 Å². The van der Waals surface area contributed by atoms with Gasteiger partial charge in [-0.2, -0.15) is 0 Å². The molecule has 0 amide bonds. The van der Waals surface area contributed by atoms with Crippen LogP contribution in [0.3, 0.4) is 0 Å². The topological polar surface area (TPSA) is 16.4 Å². The minimum absolute atomic E-state index is 0.850. The molecule has 0 aliphatic rings. The number of benzene rings is 13. The first-order valence-corrected chi connectivity index (χ1v) is 24.1. The first kappa shape index (κ1) is 39.9. The van der Waals surface area contributed by atoms with E-state index in [1.807, 2.05) is 0 Å². The van der Waals surface area contributed by atoms with Gasteiger partial charge in [-0.15, -0.1) is 0 Å². The van der Waals surface area contributed by atoms with Crippen molar-refractivity contribution in [3.8, 4) is 44.5 Å². The van der Waals surface area contributed by atoms with Gasteiger partial charge in [0, 0.05) is 22.1 Å². The van der Waals surface area contributed by atoms with Gasteiger partial charge in [0.05, 0.1) is 22.4 Å². The van der Waals surface area contributed by atoms with Gasteiger partial charge in [0.1, 0.15) is 11.2 Å². The second kappa shape index (κ2) is 16.2. The molecule has 0 aliphatic carbocycles. The average Bonchev–Trinajstić information content (AvgIpc) is 3.84. The van der Waals surface area contributed by atoms with E-state index in [1.165, 1.54) is 65.0 Å². The van der Waals surface area contributed by atoms with Crippen molar-refractivity contribution in [1.29, 1.82) is 0 Å². The molecule has 14 aromatic rings. The molecule has 0 radical (unpaired) electrons. The lowest BCUT2D eigenvalue weighted by atomic mass is 9.91. The maximum atomic E-state index is 7.14. The van der Waals surface area contributed by atoms with Crippen molar-refractivity contribution in [3.05, 3.63) is 261 Å². The fraction of sp³-hybridized carbons (Fsp3) is 0. The van der Waals surface area contributed by atoms with E-state index in [0.29, 0.717) is 0 Å². The largest absolute Gasteiger partial charge is 0.455 e. The molecule has 0 atom stereocenters. The average molecular weight is 890 g/mol. The molecule has 0 bridgehead atoms. The van der Waals surface area contributed by atoms with Crippen LogP contribution in [-0.4, -0.2) is 0 Å². The molecule has 2 nitrogen and oxygen atoms in total. The Morgan fingerprint density at radius 1 is 0.243 bits per heavy atom. The van der Waals surface area contributed by atoms with Gasteiger partial charge in [0.15, 0.2) is 0 Å². The predicted octanol–water partition coefficient (Wildman–Crippen LogP) is 19.5. The van der Waals surface area contributed by atoms with Crippen molar-refractivity contribution < 1.29 is 4.42 Å². The summed E-state index contributed by atoms with van der Waals surface area (Å²) in [7, 11) is 0. The molecule has 2 heteroatoms. The highest BCUT2D eigenvalue weighted by Crippen LogP contribution is 2.51. The standard InChI is InChI=1S/C68H43NO/c1-2-18-44(19-3-1)45-34-36-46(37-35-45)50-22-12-15-31-63(50)69(64-32-16-13-23-51(64)48-38-39-58-55-27-8-7-25-53(55)54-26-9-11-29-57(54)61(58)43-48)65-41-40-59(68-67(65)60-30-14-17-33-66(60)70-68)62-42-47-20-4-5-21-49(47)52-24-6-10-28-56(52)62/h1-43H. The zero-order valence-corrected chi connectivity index (χ0v) is 38.2. The molecule has 0 spiro atoms. The first-order valence-electron chi connectivity index (χ1n) is 24.1. The Bertz CT molecular complexity index is 4320. The summed E-state index contributed by atoms with van der Waals surface area (Å²) in [4.78, 5) is 2.49. The molecule has 1 heterocycles. The van der Waals surface area contributed by atoms with Gasteiger partial charge in [0.2, 0.25) is 0 Å². The second-order valence-corrected chi connectivity index (χ2v) is 18.3. The number of anilines is 3. The number of hydrogen-bond acceptors (Lipinski definition) is 2. The summed E-state index contributed by atoms with van der Waals surface area (Å²) in [5, 5.41) is 14.5. The van der Waals surface area contributed by atoms with Crippen molar-refractivity contribution in [3.63, 3.8) is 0 Å². The number of para-hydroxylation sites is 3. The summed E-state index contributed by atoms with van der Waals surface area (Å²) < 4.78 is 7.14. The van der Waals surface area contributed by atoms with Gasteiger partial charge in [-0.05, 0) is 124 Å². The van der Waals surface area contributed by atoms with Gasteiger partial charge >= 0.3 is 0 Å². The lowest BCUT2D eigenvalue weighted by molar-refractivity contribution is 0.670. The van der Waals surface area contributed by atoms with Crippen LogP contribution >= 0.6 is 0 Å². The molecule has 0 unspecified atom stereocenters. The van der Waals surface area contributed by atoms with Crippen molar-refractivity contribution >= 4 is 92.9 Å². The quantitative estimate of drug-likeness (QED) is 0.148. The number of furan rings is 1. The normalized spacial score (nSPS) is 11.7. The molecule has 1 aromatic heterocycles. The minimum atomic E-state index is 0.850. The molecule has 0 fully saturated rings. The molecule has 0 N–H and O–H groups in total. The molecular formula is C68H43NO. The van der Waals surface area contributed by atoms with Crippen molar-refractivity contribution in [2.24, 2.45) is 0 Å². The molecule has 0 saturated carbocycles. The van der Waals surface area contributed by atoms with E-state index in [1.54, 1.807) is 0 Å². The smallest absolute Gasteiger partial charge is 0.145 e. The van der Waals surface area contributed by atoms with Crippen LogP contribution in [0.5, 0.6) is 0 Å². The number of hydrogen-bond donors (Lipinski definition) is 0. The summed E-state index contributed by atoms with van der Waals surface area (Å²) >= 11 is 0. The molecule has 0 saturated heterocycles. The number of fused-ring (bicyclic) bond motifs is 12. The van der Waals surface area contributed by atoms with Crippen LogP contribution in [0.4, 0.5) is 17.1 Å². The van der Waals surface area contributed by atoms with Crippen LogP contribution in [0.1, 0.15) is 0 Å². The fourth-order valence-corrected chi connectivity index (χ4v) is 11.2. The molecular weight excluding hydrogens is 847 g/mol. The van der Waals surface area contributed by atoms with Crippen LogP contribution in [0.25, 0.3) is 120 Å². The van der Waals surface area contributed by atoms with Crippen molar-refractivity contribution in [2.45, 2.75) is 0 Å². The first-order chi connectivity index (χ1) is 34.7. The maximum absolute atomic E-state index is 7.14. The molecule has 13 aromatic carbocycles. The van der Waals surface area contributed by atoms with E-state index in [9.17, 15) is 0 Å². The van der Waals surface area contributed by atoms with Gasteiger partial charge in [0.25, 0.3) is 0 Å². The van der Waals surface area contributed by atoms with Gasteiger partial charge < -0.3 is 9.32 Å². The third-order valence-corrected chi connectivity index (χ3v) is 14.5. The second-order valence-electron chi connectivity index (χ2n) is 18.3. The molecule has 0 aliphatic heterocycles. The van der Waals surface area contributed by atoms with E-state index in [0.717, 1.165) is 72.4 Å². The Kier molecular flexibility index (Phi) is 9.25. The Balaban J connectivity index is 1.05.